The third-order valence-corrected chi connectivity index (χ3v) is 4.70. The number of benzene rings is 1. The Morgan fingerprint density at radius 2 is 2.08 bits per heavy atom. The van der Waals surface area contributed by atoms with Crippen molar-refractivity contribution in [1.29, 1.82) is 0 Å². The van der Waals surface area contributed by atoms with E-state index in [0.29, 0.717) is 34.7 Å². The number of carbonyl (C=O) groups is 1. The molecule has 1 aliphatic rings. The Balaban J connectivity index is 1.39. The first kappa shape index (κ1) is 16.1. The van der Waals surface area contributed by atoms with Crippen LogP contribution in [0.2, 0.25) is 5.02 Å². The van der Waals surface area contributed by atoms with E-state index >= 15 is 0 Å². The Hall–Kier alpha value is -2.42. The van der Waals surface area contributed by atoms with Gasteiger partial charge in [-0.1, -0.05) is 11.6 Å². The lowest BCUT2D eigenvalue weighted by atomic mass is 10.3. The lowest BCUT2D eigenvalue weighted by Gasteiger charge is -2.25. The van der Waals surface area contributed by atoms with E-state index in [1.807, 2.05) is 12.1 Å². The van der Waals surface area contributed by atoms with Gasteiger partial charge in [0.2, 0.25) is 0 Å². The van der Waals surface area contributed by atoms with Crippen LogP contribution in [0, 0.1) is 0 Å². The van der Waals surface area contributed by atoms with E-state index < -0.39 is 0 Å². The van der Waals surface area contributed by atoms with Crippen LogP contribution in [-0.4, -0.2) is 33.9 Å². The topological polar surface area (TPSA) is 81.1 Å². The third-order valence-electron chi connectivity index (χ3n) is 3.69. The first-order chi connectivity index (χ1) is 12.2. The van der Waals surface area contributed by atoms with Crippen LogP contribution in [0.15, 0.2) is 42.0 Å². The molecule has 9 heteroatoms. The second-order valence-electron chi connectivity index (χ2n) is 5.52. The van der Waals surface area contributed by atoms with E-state index in [0.717, 1.165) is 5.69 Å². The highest BCUT2D eigenvalue weighted by molar-refractivity contribution is 7.14. The molecule has 25 heavy (non-hydrogen) atoms. The molecule has 0 saturated carbocycles. The fourth-order valence-corrected chi connectivity index (χ4v) is 3.10. The first-order valence-corrected chi connectivity index (χ1v) is 8.84. The number of nitrogens with one attached hydrogen (secondary N) is 2. The second kappa shape index (κ2) is 6.83. The van der Waals surface area contributed by atoms with Crippen molar-refractivity contribution in [2.45, 2.75) is 6.04 Å². The molecule has 0 aliphatic carbocycles. The SMILES string of the molecule is O=C(Nc1cnn(C2COC2)c1)c1csc(Nc2ccc(Cl)cc2)n1. The van der Waals surface area contributed by atoms with Gasteiger partial charge in [-0.25, -0.2) is 4.98 Å². The van der Waals surface area contributed by atoms with E-state index in [4.69, 9.17) is 16.3 Å². The molecule has 1 saturated heterocycles. The van der Waals surface area contributed by atoms with E-state index in [1.54, 1.807) is 34.6 Å². The van der Waals surface area contributed by atoms with Crippen molar-refractivity contribution in [3.8, 4) is 0 Å². The molecular weight excluding hydrogens is 362 g/mol. The highest BCUT2D eigenvalue weighted by atomic mass is 35.5. The molecule has 4 rings (SSSR count). The van der Waals surface area contributed by atoms with Gasteiger partial charge in [-0.2, -0.15) is 5.10 Å². The van der Waals surface area contributed by atoms with Crippen molar-refractivity contribution in [2.24, 2.45) is 0 Å². The summed E-state index contributed by atoms with van der Waals surface area (Å²) >= 11 is 7.22. The minimum absolute atomic E-state index is 0.250. The highest BCUT2D eigenvalue weighted by Crippen LogP contribution is 2.23. The van der Waals surface area contributed by atoms with Gasteiger partial charge in [-0.15, -0.1) is 11.3 Å². The molecule has 7 nitrogen and oxygen atoms in total. The lowest BCUT2D eigenvalue weighted by molar-refractivity contribution is -0.0286. The van der Waals surface area contributed by atoms with Crippen molar-refractivity contribution in [1.82, 2.24) is 14.8 Å². The molecule has 0 atom stereocenters. The first-order valence-electron chi connectivity index (χ1n) is 7.59. The van der Waals surface area contributed by atoms with Gasteiger partial charge in [0, 0.05) is 22.3 Å². The van der Waals surface area contributed by atoms with Gasteiger partial charge in [0.15, 0.2) is 5.13 Å². The zero-order valence-electron chi connectivity index (χ0n) is 13.0. The van der Waals surface area contributed by atoms with Gasteiger partial charge in [0.1, 0.15) is 5.69 Å². The fourth-order valence-electron chi connectivity index (χ4n) is 2.27. The maximum absolute atomic E-state index is 12.3. The predicted molar refractivity (Wildman–Crippen MR) is 96.9 cm³/mol. The van der Waals surface area contributed by atoms with Gasteiger partial charge in [-0.3, -0.25) is 9.48 Å². The van der Waals surface area contributed by atoms with Crippen LogP contribution >= 0.6 is 22.9 Å². The maximum atomic E-state index is 12.3. The molecule has 1 aliphatic heterocycles. The standard InChI is InChI=1S/C16H14ClN5O2S/c17-10-1-3-11(4-2-10)20-16-21-14(9-25-16)15(23)19-12-5-18-22(6-12)13-7-24-8-13/h1-6,9,13H,7-8H2,(H,19,23)(H,20,21). The number of hydrogen-bond donors (Lipinski definition) is 2. The van der Waals surface area contributed by atoms with Crippen molar-refractivity contribution < 1.29 is 9.53 Å². The number of ether oxygens (including phenoxy) is 1. The van der Waals surface area contributed by atoms with E-state index in [9.17, 15) is 4.79 Å². The summed E-state index contributed by atoms with van der Waals surface area (Å²) in [6.45, 7) is 1.31. The molecule has 3 aromatic rings. The molecule has 2 N–H and O–H groups in total. The summed E-state index contributed by atoms with van der Waals surface area (Å²) in [5, 5.41) is 13.2. The van der Waals surface area contributed by atoms with Crippen molar-refractivity contribution in [2.75, 3.05) is 23.8 Å². The summed E-state index contributed by atoms with van der Waals surface area (Å²) in [5.74, 6) is -0.273. The minimum Gasteiger partial charge on any atom is -0.377 e. The average Bonchev–Trinajstić information content (AvgIpc) is 3.18. The van der Waals surface area contributed by atoms with Gasteiger partial charge >= 0.3 is 0 Å². The van der Waals surface area contributed by atoms with Crippen LogP contribution in [0.3, 0.4) is 0 Å². The second-order valence-corrected chi connectivity index (χ2v) is 6.82. The summed E-state index contributed by atoms with van der Waals surface area (Å²) in [4.78, 5) is 16.6. The Morgan fingerprint density at radius 3 is 2.80 bits per heavy atom. The largest absolute Gasteiger partial charge is 0.377 e. The smallest absolute Gasteiger partial charge is 0.275 e. The van der Waals surface area contributed by atoms with Crippen LogP contribution in [0.25, 0.3) is 0 Å². The number of hydrogen-bond acceptors (Lipinski definition) is 6. The fraction of sp³-hybridized carbons (Fsp3) is 0.188. The number of aromatic nitrogens is 3. The van der Waals surface area contributed by atoms with Crippen LogP contribution in [0.5, 0.6) is 0 Å². The summed E-state index contributed by atoms with van der Waals surface area (Å²) in [6, 6.07) is 7.52. The van der Waals surface area contributed by atoms with Crippen molar-refractivity contribution >= 4 is 45.4 Å². The molecule has 0 radical (unpaired) electrons. The molecule has 3 heterocycles. The van der Waals surface area contributed by atoms with Gasteiger partial charge in [0.25, 0.3) is 5.91 Å². The number of rotatable bonds is 5. The molecule has 0 unspecified atom stereocenters. The Bertz CT molecular complexity index is 888. The number of nitrogens with zero attached hydrogens (tertiary/aromatic N) is 3. The molecule has 128 valence electrons. The predicted octanol–water partition coefficient (Wildman–Crippen LogP) is 3.56. The minimum atomic E-state index is -0.273. The zero-order valence-corrected chi connectivity index (χ0v) is 14.5. The van der Waals surface area contributed by atoms with Gasteiger partial charge in [0.05, 0.1) is 31.1 Å². The van der Waals surface area contributed by atoms with E-state index in [1.165, 1.54) is 11.3 Å². The Morgan fingerprint density at radius 1 is 1.28 bits per heavy atom. The Kier molecular flexibility index (Phi) is 4.39. The van der Waals surface area contributed by atoms with Gasteiger partial charge in [-0.05, 0) is 24.3 Å². The summed E-state index contributed by atoms with van der Waals surface area (Å²) in [5.41, 5.74) is 1.84. The molecule has 2 aromatic heterocycles. The third kappa shape index (κ3) is 3.65. The number of carbonyl (C=O) groups excluding carboxylic acids is 1. The molecule has 1 aromatic carbocycles. The van der Waals surface area contributed by atoms with Crippen LogP contribution < -0.4 is 10.6 Å². The molecule has 0 bridgehead atoms. The quantitative estimate of drug-likeness (QED) is 0.712. The number of thiazole rings is 1. The molecule has 0 spiro atoms. The van der Waals surface area contributed by atoms with E-state index in [2.05, 4.69) is 20.7 Å². The average molecular weight is 376 g/mol. The number of halogens is 1. The molecule has 1 amide bonds. The Labute approximate surface area is 152 Å². The zero-order chi connectivity index (χ0) is 17.2. The highest BCUT2D eigenvalue weighted by Gasteiger charge is 2.21. The number of amides is 1. The normalized spacial score (nSPS) is 14.1. The summed E-state index contributed by atoms with van der Waals surface area (Å²) in [6.07, 6.45) is 3.42. The number of anilines is 3. The van der Waals surface area contributed by atoms with Crippen LogP contribution in [0.1, 0.15) is 16.5 Å². The summed E-state index contributed by atoms with van der Waals surface area (Å²) < 4.78 is 6.94. The van der Waals surface area contributed by atoms with Gasteiger partial charge < -0.3 is 15.4 Å². The van der Waals surface area contributed by atoms with Crippen LogP contribution in [0.4, 0.5) is 16.5 Å². The monoisotopic (exact) mass is 375 g/mol. The molecule has 1 fully saturated rings. The van der Waals surface area contributed by atoms with Crippen LogP contribution in [-0.2, 0) is 4.74 Å². The van der Waals surface area contributed by atoms with E-state index in [-0.39, 0.29) is 11.9 Å². The van der Waals surface area contributed by atoms with Crippen molar-refractivity contribution in [3.05, 3.63) is 52.8 Å². The summed E-state index contributed by atoms with van der Waals surface area (Å²) in [7, 11) is 0. The van der Waals surface area contributed by atoms with Crippen molar-refractivity contribution in [3.63, 3.8) is 0 Å². The maximum Gasteiger partial charge on any atom is 0.275 e. The lowest BCUT2D eigenvalue weighted by Crippen LogP contribution is -2.30. The molecular formula is C16H14ClN5O2S.